The summed E-state index contributed by atoms with van der Waals surface area (Å²) in [7, 11) is 0. The molecule has 5 rings (SSSR count). The molecule has 2 fully saturated rings. The first-order valence-electron chi connectivity index (χ1n) is 11.8. The van der Waals surface area contributed by atoms with Gasteiger partial charge in [0.05, 0.1) is 17.6 Å². The molecule has 0 spiro atoms. The molecular weight excluding hydrogens is 384 g/mol. The second-order valence-electron chi connectivity index (χ2n) is 8.91. The molecule has 2 atom stereocenters. The lowest BCUT2D eigenvalue weighted by molar-refractivity contribution is -0.135. The van der Waals surface area contributed by atoms with Gasteiger partial charge in [0.1, 0.15) is 5.82 Å². The lowest BCUT2D eigenvalue weighted by atomic mass is 9.96. The van der Waals surface area contributed by atoms with E-state index in [0.717, 1.165) is 63.2 Å². The van der Waals surface area contributed by atoms with Gasteiger partial charge in [-0.25, -0.2) is 4.98 Å². The van der Waals surface area contributed by atoms with Gasteiger partial charge in [-0.2, -0.15) is 0 Å². The van der Waals surface area contributed by atoms with Gasteiger partial charge < -0.3 is 9.47 Å². The summed E-state index contributed by atoms with van der Waals surface area (Å²) >= 11 is 0. The van der Waals surface area contributed by atoms with Gasteiger partial charge in [-0.05, 0) is 43.9 Å². The smallest absolute Gasteiger partial charge is 0.223 e. The van der Waals surface area contributed by atoms with Gasteiger partial charge in [-0.1, -0.05) is 48.9 Å². The molecule has 0 aliphatic carbocycles. The molecule has 2 aliphatic heterocycles. The minimum atomic E-state index is 0.299. The normalized spacial score (nSPS) is 22.5. The number of benzene rings is 2. The summed E-state index contributed by atoms with van der Waals surface area (Å²) in [5, 5.41) is 0. The van der Waals surface area contributed by atoms with Gasteiger partial charge in [0.25, 0.3) is 0 Å². The van der Waals surface area contributed by atoms with Gasteiger partial charge >= 0.3 is 0 Å². The van der Waals surface area contributed by atoms with Crippen LogP contribution in [0.1, 0.15) is 50.4 Å². The first kappa shape index (κ1) is 20.3. The van der Waals surface area contributed by atoms with Crippen LogP contribution in [0.25, 0.3) is 11.0 Å². The molecule has 0 radical (unpaired) electrons. The van der Waals surface area contributed by atoms with E-state index in [1.807, 2.05) is 6.07 Å². The monoisotopic (exact) mass is 416 g/mol. The molecule has 5 heteroatoms. The second-order valence-corrected chi connectivity index (χ2v) is 8.91. The van der Waals surface area contributed by atoms with Gasteiger partial charge in [0.2, 0.25) is 5.91 Å². The molecule has 3 aromatic rings. The Morgan fingerprint density at radius 2 is 1.74 bits per heavy atom. The fourth-order valence-electron chi connectivity index (χ4n) is 5.56. The van der Waals surface area contributed by atoms with E-state index in [2.05, 4.69) is 69.8 Å². The van der Waals surface area contributed by atoms with Crippen LogP contribution in [-0.2, 0) is 24.4 Å². The quantitative estimate of drug-likeness (QED) is 0.610. The molecule has 0 bridgehead atoms. The van der Waals surface area contributed by atoms with Crippen LogP contribution in [-0.4, -0.2) is 43.9 Å². The number of likely N-dealkylation sites (tertiary alicyclic amines) is 2. The topological polar surface area (TPSA) is 41.4 Å². The standard InChI is InChI=1S/C26H32N4O/c1-2-29-22-13-7-6-12-21(22)27-25(29)19-28-17-16-24-23(28)14-8-9-15-26(31)30(24)18-20-10-4-3-5-11-20/h3-7,10-13,23-24H,2,8-9,14-19H2,1H3/t23-,24+/m1/s1. The number of amides is 1. The molecule has 1 aromatic heterocycles. The Balaban J connectivity index is 1.40. The van der Waals surface area contributed by atoms with E-state index in [0.29, 0.717) is 24.4 Å². The lowest BCUT2D eigenvalue weighted by Crippen LogP contribution is -2.48. The maximum absolute atomic E-state index is 13.1. The molecule has 5 nitrogen and oxygen atoms in total. The van der Waals surface area contributed by atoms with Crippen LogP contribution in [0.5, 0.6) is 0 Å². The molecule has 2 aromatic carbocycles. The number of nitrogens with zero attached hydrogens (tertiary/aromatic N) is 4. The predicted octanol–water partition coefficient (Wildman–Crippen LogP) is 4.60. The number of imidazole rings is 1. The number of aryl methyl sites for hydroxylation is 1. The molecule has 0 saturated carbocycles. The Morgan fingerprint density at radius 1 is 0.935 bits per heavy atom. The molecule has 162 valence electrons. The van der Waals surface area contributed by atoms with E-state index < -0.39 is 0 Å². The highest BCUT2D eigenvalue weighted by Crippen LogP contribution is 2.32. The van der Waals surface area contributed by atoms with E-state index in [-0.39, 0.29) is 0 Å². The first-order chi connectivity index (χ1) is 15.2. The van der Waals surface area contributed by atoms with Gasteiger partial charge in [0, 0.05) is 38.1 Å². The van der Waals surface area contributed by atoms with E-state index in [1.54, 1.807) is 0 Å². The second kappa shape index (κ2) is 8.83. The van der Waals surface area contributed by atoms with Gasteiger partial charge in [0.15, 0.2) is 0 Å². The van der Waals surface area contributed by atoms with Crippen LogP contribution in [0.3, 0.4) is 0 Å². The number of hydrogen-bond acceptors (Lipinski definition) is 3. The summed E-state index contributed by atoms with van der Waals surface area (Å²) in [4.78, 5) is 22.8. The fourth-order valence-corrected chi connectivity index (χ4v) is 5.56. The summed E-state index contributed by atoms with van der Waals surface area (Å²) < 4.78 is 2.35. The lowest BCUT2D eigenvalue weighted by Gasteiger charge is -2.37. The van der Waals surface area contributed by atoms with E-state index >= 15 is 0 Å². The predicted molar refractivity (Wildman–Crippen MR) is 123 cm³/mol. The average Bonchev–Trinajstić information content (AvgIpc) is 3.34. The minimum Gasteiger partial charge on any atom is -0.334 e. The summed E-state index contributed by atoms with van der Waals surface area (Å²) in [6, 6.07) is 19.6. The van der Waals surface area contributed by atoms with Gasteiger partial charge in [-0.3, -0.25) is 9.69 Å². The molecule has 0 N–H and O–H groups in total. The van der Waals surface area contributed by atoms with Crippen LogP contribution >= 0.6 is 0 Å². The van der Waals surface area contributed by atoms with Crippen molar-refractivity contribution < 1.29 is 4.79 Å². The third kappa shape index (κ3) is 3.99. The summed E-state index contributed by atoms with van der Waals surface area (Å²) in [6.07, 6.45) is 5.02. The third-order valence-electron chi connectivity index (χ3n) is 7.08. The van der Waals surface area contributed by atoms with Crippen LogP contribution in [0.4, 0.5) is 0 Å². The number of hydrogen-bond donors (Lipinski definition) is 0. The van der Waals surface area contributed by atoms with Crippen molar-refractivity contribution in [2.24, 2.45) is 0 Å². The Labute approximate surface area is 184 Å². The number of carbonyl (C=O) groups excluding carboxylic acids is 1. The summed E-state index contributed by atoms with van der Waals surface area (Å²) in [6.45, 7) is 5.73. The highest BCUT2D eigenvalue weighted by molar-refractivity contribution is 5.77. The Kier molecular flexibility index (Phi) is 5.77. The summed E-state index contributed by atoms with van der Waals surface area (Å²) in [5.41, 5.74) is 3.52. The van der Waals surface area contributed by atoms with Crippen molar-refractivity contribution in [2.75, 3.05) is 6.54 Å². The zero-order valence-electron chi connectivity index (χ0n) is 18.4. The van der Waals surface area contributed by atoms with Crippen molar-refractivity contribution >= 4 is 16.9 Å². The maximum Gasteiger partial charge on any atom is 0.223 e. The van der Waals surface area contributed by atoms with Crippen molar-refractivity contribution in [3.8, 4) is 0 Å². The van der Waals surface area contributed by atoms with Crippen LogP contribution in [0.2, 0.25) is 0 Å². The van der Waals surface area contributed by atoms with E-state index in [9.17, 15) is 4.79 Å². The highest BCUT2D eigenvalue weighted by Gasteiger charge is 2.40. The average molecular weight is 417 g/mol. The Morgan fingerprint density at radius 3 is 2.58 bits per heavy atom. The van der Waals surface area contributed by atoms with Crippen molar-refractivity contribution in [1.82, 2.24) is 19.4 Å². The molecule has 1 amide bonds. The fraction of sp³-hybridized carbons (Fsp3) is 0.462. The SMILES string of the molecule is CCn1c(CN2CC[C@H]3[C@H]2CCCCC(=O)N3Cc2ccccc2)nc2ccccc21. The maximum atomic E-state index is 13.1. The van der Waals surface area contributed by atoms with E-state index in [1.165, 1.54) is 11.1 Å². The van der Waals surface area contributed by atoms with Crippen LogP contribution in [0.15, 0.2) is 54.6 Å². The molecule has 0 unspecified atom stereocenters. The minimum absolute atomic E-state index is 0.299. The van der Waals surface area contributed by atoms with Gasteiger partial charge in [-0.15, -0.1) is 0 Å². The summed E-state index contributed by atoms with van der Waals surface area (Å²) in [5.74, 6) is 1.47. The molecule has 2 aliphatic rings. The third-order valence-corrected chi connectivity index (χ3v) is 7.08. The highest BCUT2D eigenvalue weighted by atomic mass is 16.2. The van der Waals surface area contributed by atoms with Crippen molar-refractivity contribution in [1.29, 1.82) is 0 Å². The Bertz CT molecular complexity index is 1040. The zero-order chi connectivity index (χ0) is 21.2. The largest absolute Gasteiger partial charge is 0.334 e. The first-order valence-corrected chi connectivity index (χ1v) is 11.8. The molecular formula is C26H32N4O. The van der Waals surface area contributed by atoms with Crippen LogP contribution in [0, 0.1) is 0 Å². The number of aromatic nitrogens is 2. The number of para-hydroxylation sites is 2. The Hall–Kier alpha value is -2.66. The van der Waals surface area contributed by atoms with Crippen molar-refractivity contribution in [3.63, 3.8) is 0 Å². The molecule has 31 heavy (non-hydrogen) atoms. The number of rotatable bonds is 5. The number of fused-ring (bicyclic) bond motifs is 2. The van der Waals surface area contributed by atoms with Crippen LogP contribution < -0.4 is 0 Å². The van der Waals surface area contributed by atoms with E-state index in [4.69, 9.17) is 4.98 Å². The van der Waals surface area contributed by atoms with Crippen molar-refractivity contribution in [2.45, 2.75) is 70.7 Å². The molecule has 2 saturated heterocycles. The van der Waals surface area contributed by atoms with Crippen molar-refractivity contribution in [3.05, 3.63) is 66.0 Å². The zero-order valence-corrected chi connectivity index (χ0v) is 18.4. The number of carbonyl (C=O) groups is 1. The molecule has 3 heterocycles.